The van der Waals surface area contributed by atoms with E-state index >= 15 is 0 Å². The molecule has 1 aliphatic carbocycles. The van der Waals surface area contributed by atoms with Crippen LogP contribution in [0, 0.1) is 6.92 Å². The topological polar surface area (TPSA) is 96.0 Å². The van der Waals surface area contributed by atoms with Crippen molar-refractivity contribution in [2.75, 3.05) is 18.0 Å². The summed E-state index contributed by atoms with van der Waals surface area (Å²) in [4.78, 5) is 29.1. The number of halogens is 3. The molecule has 8 nitrogen and oxygen atoms in total. The molecule has 0 spiro atoms. The van der Waals surface area contributed by atoms with Crippen LogP contribution in [0.2, 0.25) is 15.1 Å². The minimum absolute atomic E-state index is 0.0138. The van der Waals surface area contributed by atoms with Crippen molar-refractivity contribution in [3.63, 3.8) is 0 Å². The average Bonchev–Trinajstić information content (AvgIpc) is 3.00. The Balaban J connectivity index is 1.74. The van der Waals surface area contributed by atoms with Crippen LogP contribution in [0.1, 0.15) is 50.2 Å². The second-order valence-electron chi connectivity index (χ2n) is 10.9. The van der Waals surface area contributed by atoms with Crippen molar-refractivity contribution in [3.8, 4) is 5.75 Å². The van der Waals surface area contributed by atoms with E-state index < -0.39 is 28.5 Å². The van der Waals surface area contributed by atoms with Crippen LogP contribution in [-0.2, 0) is 26.2 Å². The summed E-state index contributed by atoms with van der Waals surface area (Å²) in [6.45, 7) is 2.83. The highest BCUT2D eigenvalue weighted by atomic mass is 35.5. The molecular weight excluding hydrogens is 645 g/mol. The van der Waals surface area contributed by atoms with Crippen molar-refractivity contribution in [3.05, 3.63) is 86.9 Å². The number of nitrogens with zero attached hydrogens (tertiary/aromatic N) is 2. The standard InChI is InChI=1S/C32H36Cl3N3O5S/c1-21-9-13-26(14-10-21)44(41,42)38(29-18-24(33)12-16-30(29)43-3)20-31(39)37(19-23-11-15-27(34)28(35)17-23)22(2)32(40)36-25-7-5-4-6-8-25/h9-18,22,25H,4-8,19-20H2,1-3H3,(H,36,40). The van der Waals surface area contributed by atoms with Gasteiger partial charge < -0.3 is 15.0 Å². The lowest BCUT2D eigenvalue weighted by atomic mass is 9.95. The fourth-order valence-electron chi connectivity index (χ4n) is 5.19. The number of hydrogen-bond donors (Lipinski definition) is 1. The van der Waals surface area contributed by atoms with Gasteiger partial charge in [-0.3, -0.25) is 13.9 Å². The van der Waals surface area contributed by atoms with E-state index in [4.69, 9.17) is 39.5 Å². The summed E-state index contributed by atoms with van der Waals surface area (Å²) in [7, 11) is -2.89. The number of amides is 2. The average molecular weight is 681 g/mol. The first-order chi connectivity index (χ1) is 20.9. The third-order valence-corrected chi connectivity index (χ3v) is 10.5. The second kappa shape index (κ2) is 14.9. The van der Waals surface area contributed by atoms with E-state index in [0.29, 0.717) is 15.6 Å². The number of methoxy groups -OCH3 is 1. The van der Waals surface area contributed by atoms with Gasteiger partial charge in [0.25, 0.3) is 10.0 Å². The molecule has 0 saturated heterocycles. The number of anilines is 1. The lowest BCUT2D eigenvalue weighted by Crippen LogP contribution is -2.53. The van der Waals surface area contributed by atoms with Crippen molar-refractivity contribution in [1.82, 2.24) is 10.2 Å². The summed E-state index contributed by atoms with van der Waals surface area (Å²) in [6, 6.07) is 14.9. The zero-order valence-electron chi connectivity index (χ0n) is 24.9. The van der Waals surface area contributed by atoms with E-state index in [9.17, 15) is 18.0 Å². The van der Waals surface area contributed by atoms with Gasteiger partial charge in [-0.25, -0.2) is 8.42 Å². The van der Waals surface area contributed by atoms with Gasteiger partial charge in [-0.05, 0) is 74.7 Å². The number of carbonyl (C=O) groups is 2. The zero-order chi connectivity index (χ0) is 32.0. The Kier molecular flexibility index (Phi) is 11.5. The molecule has 1 atom stereocenters. The minimum atomic E-state index is -4.29. The Labute approximate surface area is 274 Å². The van der Waals surface area contributed by atoms with Crippen LogP contribution in [0.3, 0.4) is 0 Å². The largest absolute Gasteiger partial charge is 0.495 e. The van der Waals surface area contributed by atoms with Crippen molar-refractivity contribution >= 4 is 62.3 Å². The molecule has 236 valence electrons. The van der Waals surface area contributed by atoms with Crippen molar-refractivity contribution < 1.29 is 22.7 Å². The van der Waals surface area contributed by atoms with Gasteiger partial charge in [0.15, 0.2) is 0 Å². The smallest absolute Gasteiger partial charge is 0.264 e. The number of ether oxygens (including phenoxy) is 1. The first-order valence-corrected chi connectivity index (χ1v) is 16.9. The monoisotopic (exact) mass is 679 g/mol. The zero-order valence-corrected chi connectivity index (χ0v) is 27.9. The van der Waals surface area contributed by atoms with Crippen LogP contribution in [0.4, 0.5) is 5.69 Å². The number of aryl methyl sites for hydroxylation is 1. The maximum absolute atomic E-state index is 14.2. The molecule has 2 amide bonds. The number of hydrogen-bond acceptors (Lipinski definition) is 5. The number of carbonyl (C=O) groups excluding carboxylic acids is 2. The summed E-state index contributed by atoms with van der Waals surface area (Å²) in [5.74, 6) is -0.726. The molecule has 0 aromatic heterocycles. The van der Waals surface area contributed by atoms with Crippen LogP contribution in [-0.4, -0.2) is 50.9 Å². The van der Waals surface area contributed by atoms with Gasteiger partial charge in [0.05, 0.1) is 27.7 Å². The number of benzene rings is 3. The Bertz CT molecular complexity index is 1600. The molecule has 0 bridgehead atoms. The fraction of sp³-hybridized carbons (Fsp3) is 0.375. The summed E-state index contributed by atoms with van der Waals surface area (Å²) in [5.41, 5.74) is 1.58. The van der Waals surface area contributed by atoms with Crippen molar-refractivity contribution in [2.45, 2.75) is 69.5 Å². The molecule has 1 unspecified atom stereocenters. The van der Waals surface area contributed by atoms with E-state index in [1.54, 1.807) is 43.3 Å². The van der Waals surface area contributed by atoms with E-state index in [-0.39, 0.29) is 39.8 Å². The van der Waals surface area contributed by atoms with Gasteiger partial charge in [0, 0.05) is 17.6 Å². The van der Waals surface area contributed by atoms with Gasteiger partial charge in [0.2, 0.25) is 11.8 Å². The molecule has 44 heavy (non-hydrogen) atoms. The van der Waals surface area contributed by atoms with Gasteiger partial charge >= 0.3 is 0 Å². The molecule has 3 aromatic rings. The highest BCUT2D eigenvalue weighted by Crippen LogP contribution is 2.35. The maximum atomic E-state index is 14.2. The molecule has 0 heterocycles. The van der Waals surface area contributed by atoms with Gasteiger partial charge in [0.1, 0.15) is 18.3 Å². The Hall–Kier alpha value is -2.98. The van der Waals surface area contributed by atoms with E-state index in [2.05, 4.69) is 5.32 Å². The first kappa shape index (κ1) is 33.9. The fourth-order valence-corrected chi connectivity index (χ4v) is 7.10. The molecule has 1 aliphatic rings. The van der Waals surface area contributed by atoms with E-state index in [1.807, 2.05) is 6.92 Å². The lowest BCUT2D eigenvalue weighted by molar-refractivity contribution is -0.139. The van der Waals surface area contributed by atoms with Crippen molar-refractivity contribution in [1.29, 1.82) is 0 Å². The Morgan fingerprint density at radius 2 is 1.64 bits per heavy atom. The summed E-state index contributed by atoms with van der Waals surface area (Å²) in [5, 5.41) is 3.98. The van der Waals surface area contributed by atoms with Crippen LogP contribution in [0.5, 0.6) is 5.75 Å². The Morgan fingerprint density at radius 3 is 2.27 bits per heavy atom. The van der Waals surface area contributed by atoms with E-state index in [1.165, 1.54) is 36.3 Å². The molecule has 3 aromatic carbocycles. The summed E-state index contributed by atoms with van der Waals surface area (Å²) in [6.07, 6.45) is 4.92. The van der Waals surface area contributed by atoms with Gasteiger partial charge in [-0.2, -0.15) is 0 Å². The number of sulfonamides is 1. The molecule has 4 rings (SSSR count). The van der Waals surface area contributed by atoms with Crippen LogP contribution < -0.4 is 14.4 Å². The van der Waals surface area contributed by atoms with Crippen LogP contribution in [0.15, 0.2) is 65.6 Å². The SMILES string of the molecule is COc1ccc(Cl)cc1N(CC(=O)N(Cc1ccc(Cl)c(Cl)c1)C(C)C(=O)NC1CCCCC1)S(=O)(=O)c1ccc(C)cc1. The molecule has 1 N–H and O–H groups in total. The molecular formula is C32H36Cl3N3O5S. The molecule has 1 fully saturated rings. The minimum Gasteiger partial charge on any atom is -0.495 e. The Morgan fingerprint density at radius 1 is 0.955 bits per heavy atom. The molecule has 12 heteroatoms. The molecule has 0 aliphatic heterocycles. The predicted molar refractivity (Wildman–Crippen MR) is 175 cm³/mol. The summed E-state index contributed by atoms with van der Waals surface area (Å²) >= 11 is 18.7. The van der Waals surface area contributed by atoms with Gasteiger partial charge in [-0.15, -0.1) is 0 Å². The van der Waals surface area contributed by atoms with E-state index in [0.717, 1.165) is 42.0 Å². The number of nitrogens with one attached hydrogen (secondary N) is 1. The quantitative estimate of drug-likeness (QED) is 0.235. The first-order valence-electron chi connectivity index (χ1n) is 14.4. The van der Waals surface area contributed by atoms with Crippen LogP contribution >= 0.6 is 34.8 Å². The van der Waals surface area contributed by atoms with Crippen molar-refractivity contribution in [2.24, 2.45) is 0 Å². The summed E-state index contributed by atoms with van der Waals surface area (Å²) < 4.78 is 34.7. The third kappa shape index (κ3) is 8.18. The predicted octanol–water partition coefficient (Wildman–Crippen LogP) is 7.03. The second-order valence-corrected chi connectivity index (χ2v) is 14.0. The highest BCUT2D eigenvalue weighted by molar-refractivity contribution is 7.92. The molecule has 1 saturated carbocycles. The molecule has 0 radical (unpaired) electrons. The van der Waals surface area contributed by atoms with Gasteiger partial charge in [-0.1, -0.05) is 77.8 Å². The lowest BCUT2D eigenvalue weighted by Gasteiger charge is -2.33. The maximum Gasteiger partial charge on any atom is 0.264 e. The third-order valence-electron chi connectivity index (χ3n) is 7.75. The number of rotatable bonds is 11. The van der Waals surface area contributed by atoms with Crippen LogP contribution in [0.25, 0.3) is 0 Å². The normalized spacial score (nSPS) is 14.5. The highest BCUT2D eigenvalue weighted by Gasteiger charge is 2.34.